The Balaban J connectivity index is 2.95. The summed E-state index contributed by atoms with van der Waals surface area (Å²) in [5, 5.41) is 0.541. The standard InChI is InChI=1S/C11H12Cl2N2O/c1-7(2)6-15(3)11(16)8-4-10(13)14-5-9(8)12/h4-5H,1,6H2,2-3H3. The Bertz CT molecular complexity index is 432. The molecule has 0 N–H and O–H groups in total. The molecule has 86 valence electrons. The lowest BCUT2D eigenvalue weighted by molar-refractivity contribution is 0.0807. The fourth-order valence-electron chi connectivity index (χ4n) is 1.26. The van der Waals surface area contributed by atoms with Crippen LogP contribution in [0.4, 0.5) is 0 Å². The Morgan fingerprint density at radius 3 is 2.75 bits per heavy atom. The van der Waals surface area contributed by atoms with Gasteiger partial charge in [0.15, 0.2) is 0 Å². The molecule has 5 heteroatoms. The van der Waals surface area contributed by atoms with Crippen molar-refractivity contribution < 1.29 is 4.79 Å². The minimum atomic E-state index is -0.197. The quantitative estimate of drug-likeness (QED) is 0.617. The fourth-order valence-corrected chi connectivity index (χ4v) is 1.60. The SMILES string of the molecule is C=C(C)CN(C)C(=O)c1cc(Cl)ncc1Cl. The van der Waals surface area contributed by atoms with Gasteiger partial charge >= 0.3 is 0 Å². The van der Waals surface area contributed by atoms with E-state index in [2.05, 4.69) is 11.6 Å². The highest BCUT2D eigenvalue weighted by Gasteiger charge is 2.15. The van der Waals surface area contributed by atoms with Crippen molar-refractivity contribution in [3.8, 4) is 0 Å². The molecule has 0 aromatic carbocycles. The minimum absolute atomic E-state index is 0.197. The minimum Gasteiger partial charge on any atom is -0.338 e. The molecule has 1 aromatic rings. The molecule has 16 heavy (non-hydrogen) atoms. The first kappa shape index (κ1) is 13.0. The Morgan fingerprint density at radius 1 is 1.56 bits per heavy atom. The van der Waals surface area contributed by atoms with E-state index in [1.807, 2.05) is 6.92 Å². The molecule has 0 aliphatic heterocycles. The average Bonchev–Trinajstić information content (AvgIpc) is 2.19. The molecule has 1 aromatic heterocycles. The number of carbonyl (C=O) groups is 1. The second-order valence-electron chi connectivity index (χ2n) is 3.61. The van der Waals surface area contributed by atoms with Gasteiger partial charge in [0.2, 0.25) is 0 Å². The van der Waals surface area contributed by atoms with Crippen molar-refractivity contribution in [2.45, 2.75) is 6.92 Å². The third kappa shape index (κ3) is 3.22. The average molecular weight is 259 g/mol. The number of halogens is 2. The summed E-state index contributed by atoms with van der Waals surface area (Å²) in [4.78, 5) is 17.3. The van der Waals surface area contributed by atoms with E-state index in [4.69, 9.17) is 23.2 Å². The monoisotopic (exact) mass is 258 g/mol. The first-order valence-electron chi connectivity index (χ1n) is 4.62. The molecule has 3 nitrogen and oxygen atoms in total. The highest BCUT2D eigenvalue weighted by Crippen LogP contribution is 2.19. The molecule has 1 heterocycles. The number of hydrogen-bond acceptors (Lipinski definition) is 2. The van der Waals surface area contributed by atoms with Gasteiger partial charge in [-0.3, -0.25) is 4.79 Å². The molecule has 0 bridgehead atoms. The van der Waals surface area contributed by atoms with Crippen molar-refractivity contribution in [1.29, 1.82) is 0 Å². The summed E-state index contributed by atoms with van der Waals surface area (Å²) in [6, 6.07) is 1.46. The predicted molar refractivity (Wildman–Crippen MR) is 66.0 cm³/mol. The zero-order chi connectivity index (χ0) is 12.3. The van der Waals surface area contributed by atoms with Crippen LogP contribution >= 0.6 is 23.2 Å². The second kappa shape index (κ2) is 5.32. The number of carbonyl (C=O) groups excluding carboxylic acids is 1. The summed E-state index contributed by atoms with van der Waals surface area (Å²) in [5.74, 6) is -0.197. The molecule has 0 saturated heterocycles. The van der Waals surface area contributed by atoms with Gasteiger partial charge < -0.3 is 4.90 Å². The molecule has 0 fully saturated rings. The Morgan fingerprint density at radius 2 is 2.19 bits per heavy atom. The maximum atomic E-state index is 12.0. The number of nitrogens with zero attached hydrogens (tertiary/aromatic N) is 2. The smallest absolute Gasteiger partial charge is 0.255 e. The van der Waals surface area contributed by atoms with Crippen LogP contribution in [0.1, 0.15) is 17.3 Å². The molecule has 0 radical (unpaired) electrons. The molecule has 0 spiro atoms. The van der Waals surface area contributed by atoms with Crippen molar-refractivity contribution in [1.82, 2.24) is 9.88 Å². The zero-order valence-electron chi connectivity index (χ0n) is 9.13. The number of aromatic nitrogens is 1. The molecule has 0 aliphatic carbocycles. The number of hydrogen-bond donors (Lipinski definition) is 0. The zero-order valence-corrected chi connectivity index (χ0v) is 10.6. The van der Waals surface area contributed by atoms with E-state index in [9.17, 15) is 4.79 Å². The molecule has 0 saturated carbocycles. The molecular weight excluding hydrogens is 247 g/mol. The van der Waals surface area contributed by atoms with Crippen LogP contribution in [-0.2, 0) is 0 Å². The first-order chi connectivity index (χ1) is 7.41. The lowest BCUT2D eigenvalue weighted by Gasteiger charge is -2.17. The van der Waals surface area contributed by atoms with Gasteiger partial charge in [-0.1, -0.05) is 35.4 Å². The van der Waals surface area contributed by atoms with Gasteiger partial charge in [0.1, 0.15) is 5.15 Å². The molecule has 0 unspecified atom stereocenters. The third-order valence-electron chi connectivity index (χ3n) is 1.91. The number of likely N-dealkylation sites (N-methyl/N-ethyl adjacent to an activating group) is 1. The number of amides is 1. The lowest BCUT2D eigenvalue weighted by atomic mass is 10.2. The van der Waals surface area contributed by atoms with Gasteiger partial charge in [-0.2, -0.15) is 0 Å². The van der Waals surface area contributed by atoms with E-state index in [-0.39, 0.29) is 11.1 Å². The van der Waals surface area contributed by atoms with Gasteiger partial charge in [0, 0.05) is 19.8 Å². The summed E-state index contributed by atoms with van der Waals surface area (Å²) >= 11 is 11.6. The Hall–Kier alpha value is -1.06. The van der Waals surface area contributed by atoms with Crippen LogP contribution in [0.15, 0.2) is 24.4 Å². The van der Waals surface area contributed by atoms with Crippen molar-refractivity contribution in [2.24, 2.45) is 0 Å². The van der Waals surface area contributed by atoms with Gasteiger partial charge in [-0.15, -0.1) is 0 Å². The fraction of sp³-hybridized carbons (Fsp3) is 0.273. The summed E-state index contributed by atoms with van der Waals surface area (Å²) < 4.78 is 0. The van der Waals surface area contributed by atoms with Crippen molar-refractivity contribution in [3.63, 3.8) is 0 Å². The Kier molecular flexibility index (Phi) is 4.33. The van der Waals surface area contributed by atoms with Gasteiger partial charge in [-0.05, 0) is 13.0 Å². The summed E-state index contributed by atoms with van der Waals surface area (Å²) in [6.45, 7) is 6.08. The largest absolute Gasteiger partial charge is 0.338 e. The summed E-state index contributed by atoms with van der Waals surface area (Å²) in [7, 11) is 1.68. The number of pyridine rings is 1. The molecule has 0 atom stereocenters. The van der Waals surface area contributed by atoms with E-state index in [1.165, 1.54) is 17.2 Å². The lowest BCUT2D eigenvalue weighted by Crippen LogP contribution is -2.28. The van der Waals surface area contributed by atoms with Gasteiger partial charge in [0.05, 0.1) is 10.6 Å². The number of rotatable bonds is 3. The van der Waals surface area contributed by atoms with E-state index in [1.54, 1.807) is 7.05 Å². The maximum absolute atomic E-state index is 12.0. The normalized spacial score (nSPS) is 10.0. The van der Waals surface area contributed by atoms with Crippen LogP contribution in [0.5, 0.6) is 0 Å². The first-order valence-corrected chi connectivity index (χ1v) is 5.38. The summed E-state index contributed by atoms with van der Waals surface area (Å²) in [6.07, 6.45) is 1.37. The van der Waals surface area contributed by atoms with Crippen molar-refractivity contribution >= 4 is 29.1 Å². The van der Waals surface area contributed by atoms with Crippen LogP contribution in [-0.4, -0.2) is 29.4 Å². The highest BCUT2D eigenvalue weighted by molar-refractivity contribution is 6.35. The van der Waals surface area contributed by atoms with E-state index in [0.29, 0.717) is 17.1 Å². The molecule has 1 rings (SSSR count). The van der Waals surface area contributed by atoms with Crippen LogP contribution < -0.4 is 0 Å². The van der Waals surface area contributed by atoms with E-state index < -0.39 is 0 Å². The van der Waals surface area contributed by atoms with E-state index in [0.717, 1.165) is 5.57 Å². The highest BCUT2D eigenvalue weighted by atomic mass is 35.5. The van der Waals surface area contributed by atoms with Crippen molar-refractivity contribution in [2.75, 3.05) is 13.6 Å². The maximum Gasteiger partial charge on any atom is 0.255 e. The second-order valence-corrected chi connectivity index (χ2v) is 4.40. The third-order valence-corrected chi connectivity index (χ3v) is 2.41. The molecule has 0 aliphatic rings. The topological polar surface area (TPSA) is 33.2 Å². The van der Waals surface area contributed by atoms with Crippen molar-refractivity contribution in [3.05, 3.63) is 40.2 Å². The van der Waals surface area contributed by atoms with Gasteiger partial charge in [0.25, 0.3) is 5.91 Å². The van der Waals surface area contributed by atoms with Crippen LogP contribution in [0.3, 0.4) is 0 Å². The Labute approximate surface area is 105 Å². The predicted octanol–water partition coefficient (Wildman–Crippen LogP) is 3.04. The summed E-state index contributed by atoms with van der Waals surface area (Å²) in [5.41, 5.74) is 1.25. The van der Waals surface area contributed by atoms with E-state index >= 15 is 0 Å². The van der Waals surface area contributed by atoms with Gasteiger partial charge in [-0.25, -0.2) is 4.98 Å². The van der Waals surface area contributed by atoms with Crippen LogP contribution in [0, 0.1) is 0 Å². The van der Waals surface area contributed by atoms with Crippen LogP contribution in [0.2, 0.25) is 10.2 Å². The van der Waals surface area contributed by atoms with Crippen LogP contribution in [0.25, 0.3) is 0 Å². The molecular formula is C11H12Cl2N2O. The molecule has 1 amide bonds.